The van der Waals surface area contributed by atoms with E-state index < -0.39 is 30.4 Å². The summed E-state index contributed by atoms with van der Waals surface area (Å²) in [6, 6.07) is -1.90. The second-order valence-electron chi connectivity index (χ2n) is 5.53. The van der Waals surface area contributed by atoms with Gasteiger partial charge in [-0.1, -0.05) is 6.92 Å². The number of primary amides is 1. The molecule has 0 saturated carbocycles. The van der Waals surface area contributed by atoms with Gasteiger partial charge < -0.3 is 26.4 Å². The molecule has 1 unspecified atom stereocenters. The summed E-state index contributed by atoms with van der Waals surface area (Å²) < 4.78 is 0. The number of likely N-dealkylation sites (tertiary alicyclic amines) is 1. The molecule has 0 radical (unpaired) electrons. The predicted octanol–water partition coefficient (Wildman–Crippen LogP) is -0.654. The number of amides is 3. The maximum atomic E-state index is 11.6. The summed E-state index contributed by atoms with van der Waals surface area (Å²) in [5.74, 6) is -1.78. The standard InChI is InChI=1S/C13H24N4O4/c1-9(8-17-4-2-3-5-17)7-15-13(21)16-10(12(19)20)6-11(14)18/h9-10H,2-8H2,1H3,(H2,14,18)(H,19,20)(H2,15,16,21)/t9?,10-/m0/s1. The second kappa shape index (κ2) is 8.46. The highest BCUT2D eigenvalue weighted by Crippen LogP contribution is 2.09. The van der Waals surface area contributed by atoms with Crippen LogP contribution in [0.3, 0.4) is 0 Å². The average molecular weight is 300 g/mol. The lowest BCUT2D eigenvalue weighted by Crippen LogP contribution is -2.48. The number of carboxylic acids is 1. The summed E-state index contributed by atoms with van der Waals surface area (Å²) in [4.78, 5) is 35.6. The zero-order valence-corrected chi connectivity index (χ0v) is 12.3. The van der Waals surface area contributed by atoms with Crippen LogP contribution in [0.2, 0.25) is 0 Å². The van der Waals surface area contributed by atoms with Crippen molar-refractivity contribution in [1.82, 2.24) is 15.5 Å². The lowest BCUT2D eigenvalue weighted by Gasteiger charge is -2.21. The Morgan fingerprint density at radius 3 is 2.43 bits per heavy atom. The van der Waals surface area contributed by atoms with Crippen molar-refractivity contribution in [3.8, 4) is 0 Å². The third-order valence-corrected chi connectivity index (χ3v) is 3.39. The molecular weight excluding hydrogens is 276 g/mol. The number of nitrogens with two attached hydrogens (primary N) is 1. The fourth-order valence-corrected chi connectivity index (χ4v) is 2.35. The third-order valence-electron chi connectivity index (χ3n) is 3.39. The van der Waals surface area contributed by atoms with Crippen LogP contribution in [0.4, 0.5) is 4.79 Å². The first-order valence-corrected chi connectivity index (χ1v) is 7.16. The van der Waals surface area contributed by atoms with Crippen molar-refractivity contribution in [2.24, 2.45) is 11.7 Å². The smallest absolute Gasteiger partial charge is 0.326 e. The van der Waals surface area contributed by atoms with Gasteiger partial charge in [-0.05, 0) is 31.8 Å². The molecule has 1 aliphatic heterocycles. The number of hydrogen-bond donors (Lipinski definition) is 4. The zero-order chi connectivity index (χ0) is 15.8. The first kappa shape index (κ1) is 17.2. The molecule has 21 heavy (non-hydrogen) atoms. The van der Waals surface area contributed by atoms with Crippen LogP contribution in [0.15, 0.2) is 0 Å². The topological polar surface area (TPSA) is 125 Å². The van der Waals surface area contributed by atoms with Gasteiger partial charge in [-0.2, -0.15) is 0 Å². The summed E-state index contributed by atoms with van der Waals surface area (Å²) >= 11 is 0. The molecule has 0 bridgehead atoms. The van der Waals surface area contributed by atoms with Gasteiger partial charge >= 0.3 is 12.0 Å². The molecule has 1 saturated heterocycles. The van der Waals surface area contributed by atoms with E-state index in [4.69, 9.17) is 10.8 Å². The summed E-state index contributed by atoms with van der Waals surface area (Å²) in [6.07, 6.45) is 2.01. The number of urea groups is 1. The monoisotopic (exact) mass is 300 g/mol. The van der Waals surface area contributed by atoms with Gasteiger partial charge in [0, 0.05) is 13.1 Å². The van der Waals surface area contributed by atoms with E-state index in [1.54, 1.807) is 0 Å². The van der Waals surface area contributed by atoms with Crippen LogP contribution in [0.1, 0.15) is 26.2 Å². The SMILES string of the molecule is CC(CNC(=O)N[C@@H](CC(N)=O)C(=O)O)CN1CCCC1. The van der Waals surface area contributed by atoms with Crippen LogP contribution in [-0.4, -0.2) is 60.1 Å². The fraction of sp³-hybridized carbons (Fsp3) is 0.769. The molecule has 2 atom stereocenters. The lowest BCUT2D eigenvalue weighted by atomic mass is 10.1. The van der Waals surface area contributed by atoms with Crippen molar-refractivity contribution >= 4 is 17.9 Å². The van der Waals surface area contributed by atoms with E-state index >= 15 is 0 Å². The van der Waals surface area contributed by atoms with Gasteiger partial charge in [0.1, 0.15) is 6.04 Å². The highest BCUT2D eigenvalue weighted by atomic mass is 16.4. The van der Waals surface area contributed by atoms with Crippen molar-refractivity contribution in [3.63, 3.8) is 0 Å². The maximum Gasteiger partial charge on any atom is 0.326 e. The Kier molecular flexibility index (Phi) is 6.93. The van der Waals surface area contributed by atoms with E-state index in [0.29, 0.717) is 6.54 Å². The van der Waals surface area contributed by atoms with Crippen LogP contribution in [0.25, 0.3) is 0 Å². The molecular formula is C13H24N4O4. The number of carboxylic acid groups (broad SMARTS) is 1. The van der Waals surface area contributed by atoms with Gasteiger partial charge in [-0.3, -0.25) is 4.79 Å². The molecule has 8 heteroatoms. The van der Waals surface area contributed by atoms with Gasteiger partial charge in [0.25, 0.3) is 0 Å². The quantitative estimate of drug-likeness (QED) is 0.474. The third kappa shape index (κ3) is 6.94. The molecule has 1 rings (SSSR count). The molecule has 5 N–H and O–H groups in total. The fourth-order valence-electron chi connectivity index (χ4n) is 2.35. The number of carbonyl (C=O) groups is 3. The van der Waals surface area contributed by atoms with Crippen molar-refractivity contribution in [1.29, 1.82) is 0 Å². The number of nitrogens with zero attached hydrogens (tertiary/aromatic N) is 1. The molecule has 0 aromatic rings. The van der Waals surface area contributed by atoms with Crippen molar-refractivity contribution < 1.29 is 19.5 Å². The average Bonchev–Trinajstić information content (AvgIpc) is 2.87. The largest absolute Gasteiger partial charge is 0.480 e. The molecule has 8 nitrogen and oxygen atoms in total. The Bertz CT molecular complexity index is 382. The molecule has 1 heterocycles. The molecule has 0 aromatic heterocycles. The minimum absolute atomic E-state index is 0.272. The van der Waals surface area contributed by atoms with Gasteiger partial charge in [0.15, 0.2) is 0 Å². The Balaban J connectivity index is 2.27. The summed E-state index contributed by atoms with van der Waals surface area (Å²) in [5.41, 5.74) is 4.94. The summed E-state index contributed by atoms with van der Waals surface area (Å²) in [5, 5.41) is 13.7. The summed E-state index contributed by atoms with van der Waals surface area (Å²) in [6.45, 7) is 5.57. The van der Waals surface area contributed by atoms with E-state index in [1.807, 2.05) is 6.92 Å². The lowest BCUT2D eigenvalue weighted by molar-refractivity contribution is -0.140. The van der Waals surface area contributed by atoms with E-state index in [9.17, 15) is 14.4 Å². The van der Waals surface area contributed by atoms with Crippen molar-refractivity contribution in [2.45, 2.75) is 32.2 Å². The van der Waals surface area contributed by atoms with Gasteiger partial charge in [0.2, 0.25) is 5.91 Å². The van der Waals surface area contributed by atoms with E-state index in [0.717, 1.165) is 19.6 Å². The van der Waals surface area contributed by atoms with Crippen molar-refractivity contribution in [3.05, 3.63) is 0 Å². The number of carbonyl (C=O) groups excluding carboxylic acids is 2. The molecule has 0 aliphatic carbocycles. The Hall–Kier alpha value is -1.83. The molecule has 1 aliphatic rings. The van der Waals surface area contributed by atoms with Crippen molar-refractivity contribution in [2.75, 3.05) is 26.2 Å². The van der Waals surface area contributed by atoms with E-state index in [2.05, 4.69) is 15.5 Å². The first-order valence-electron chi connectivity index (χ1n) is 7.16. The summed E-state index contributed by atoms with van der Waals surface area (Å²) in [7, 11) is 0. The van der Waals surface area contributed by atoms with Crippen LogP contribution < -0.4 is 16.4 Å². The van der Waals surface area contributed by atoms with Crippen LogP contribution >= 0.6 is 0 Å². The van der Waals surface area contributed by atoms with Gasteiger partial charge in [-0.25, -0.2) is 9.59 Å². The second-order valence-corrected chi connectivity index (χ2v) is 5.53. The highest BCUT2D eigenvalue weighted by molar-refractivity contribution is 5.87. The molecule has 1 fully saturated rings. The van der Waals surface area contributed by atoms with E-state index in [1.165, 1.54) is 12.8 Å². The van der Waals surface area contributed by atoms with Gasteiger partial charge in [0.05, 0.1) is 6.42 Å². The molecule has 120 valence electrons. The zero-order valence-electron chi connectivity index (χ0n) is 12.3. The number of rotatable bonds is 8. The molecule has 3 amide bonds. The molecule has 0 aromatic carbocycles. The number of aliphatic carboxylic acids is 1. The van der Waals surface area contributed by atoms with Crippen LogP contribution in [-0.2, 0) is 9.59 Å². The van der Waals surface area contributed by atoms with Crippen LogP contribution in [0, 0.1) is 5.92 Å². The normalized spacial score (nSPS) is 18.0. The number of nitrogens with one attached hydrogen (secondary N) is 2. The minimum Gasteiger partial charge on any atom is -0.480 e. The minimum atomic E-state index is -1.30. The Morgan fingerprint density at radius 1 is 1.29 bits per heavy atom. The first-order chi connectivity index (χ1) is 9.88. The Labute approximate surface area is 124 Å². The Morgan fingerprint density at radius 2 is 1.90 bits per heavy atom. The maximum absolute atomic E-state index is 11.6. The number of hydrogen-bond acceptors (Lipinski definition) is 4. The van der Waals surface area contributed by atoms with Gasteiger partial charge in [-0.15, -0.1) is 0 Å². The van der Waals surface area contributed by atoms with E-state index in [-0.39, 0.29) is 5.92 Å². The van der Waals surface area contributed by atoms with Crippen LogP contribution in [0.5, 0.6) is 0 Å². The highest BCUT2D eigenvalue weighted by Gasteiger charge is 2.22. The molecule has 0 spiro atoms. The predicted molar refractivity (Wildman–Crippen MR) is 76.6 cm³/mol.